The molecule has 1 saturated heterocycles. The molecule has 2 rings (SSSR count). The van der Waals surface area contributed by atoms with E-state index in [1.54, 1.807) is 0 Å². The van der Waals surface area contributed by atoms with Gasteiger partial charge in [-0.3, -0.25) is 0 Å². The zero-order chi connectivity index (χ0) is 15.5. The molecule has 1 heterocycles. The molecule has 4 nitrogen and oxygen atoms in total. The summed E-state index contributed by atoms with van der Waals surface area (Å²) in [5.41, 5.74) is 0. The third kappa shape index (κ3) is 4.03. The monoisotopic (exact) mass is 379 g/mol. The van der Waals surface area contributed by atoms with Gasteiger partial charge in [0.2, 0.25) is 10.0 Å². The summed E-state index contributed by atoms with van der Waals surface area (Å²) < 4.78 is 45.8. The summed E-state index contributed by atoms with van der Waals surface area (Å²) in [5, 5.41) is 0. The quantitative estimate of drug-likeness (QED) is 0.789. The van der Waals surface area contributed by atoms with Crippen molar-refractivity contribution in [1.82, 2.24) is 4.31 Å². The average Bonchev–Trinajstić information content (AvgIpc) is 2.45. The van der Waals surface area contributed by atoms with Gasteiger partial charge in [-0.1, -0.05) is 6.92 Å². The van der Waals surface area contributed by atoms with E-state index in [4.69, 9.17) is 4.74 Å². The van der Waals surface area contributed by atoms with E-state index in [-0.39, 0.29) is 15.5 Å². The molecule has 0 amide bonds. The Morgan fingerprint density at radius 2 is 2.24 bits per heavy atom. The predicted octanol–water partition coefficient (Wildman–Crippen LogP) is 3.17. The normalized spacial score (nSPS) is 20.6. The van der Waals surface area contributed by atoms with Crippen molar-refractivity contribution in [2.45, 2.75) is 37.2 Å². The lowest BCUT2D eigenvalue weighted by Gasteiger charge is -2.32. The van der Waals surface area contributed by atoms with Crippen LogP contribution in [0.3, 0.4) is 0 Å². The Kier molecular flexibility index (Phi) is 5.76. The molecule has 0 saturated carbocycles. The number of sulfonamides is 1. The van der Waals surface area contributed by atoms with Crippen LogP contribution in [0.25, 0.3) is 0 Å². The van der Waals surface area contributed by atoms with Gasteiger partial charge in [0.1, 0.15) is 5.82 Å². The molecule has 0 N–H and O–H groups in total. The van der Waals surface area contributed by atoms with Crippen molar-refractivity contribution in [1.29, 1.82) is 0 Å². The number of hydrogen-bond acceptors (Lipinski definition) is 3. The van der Waals surface area contributed by atoms with Crippen LogP contribution in [-0.4, -0.2) is 38.5 Å². The van der Waals surface area contributed by atoms with Crippen LogP contribution < -0.4 is 0 Å². The minimum absolute atomic E-state index is 0.0623. The van der Waals surface area contributed by atoms with Crippen LogP contribution in [0.1, 0.15) is 26.2 Å². The van der Waals surface area contributed by atoms with Crippen molar-refractivity contribution >= 4 is 26.0 Å². The highest BCUT2D eigenvalue weighted by Crippen LogP contribution is 2.28. The van der Waals surface area contributed by atoms with Crippen molar-refractivity contribution in [2.24, 2.45) is 0 Å². The van der Waals surface area contributed by atoms with Gasteiger partial charge in [0, 0.05) is 24.2 Å². The van der Waals surface area contributed by atoms with Crippen molar-refractivity contribution in [3.05, 3.63) is 28.5 Å². The van der Waals surface area contributed by atoms with Crippen molar-refractivity contribution in [3.8, 4) is 0 Å². The summed E-state index contributed by atoms with van der Waals surface area (Å²) in [6.45, 7) is 3.48. The zero-order valence-electron chi connectivity index (χ0n) is 11.9. The van der Waals surface area contributed by atoms with E-state index in [0.717, 1.165) is 25.3 Å². The van der Waals surface area contributed by atoms with E-state index >= 15 is 0 Å². The number of halogens is 2. The van der Waals surface area contributed by atoms with E-state index < -0.39 is 15.8 Å². The number of ether oxygens (including phenoxy) is 1. The van der Waals surface area contributed by atoms with E-state index in [0.29, 0.717) is 19.7 Å². The number of benzene rings is 1. The first-order chi connectivity index (χ1) is 9.95. The molecule has 0 bridgehead atoms. The van der Waals surface area contributed by atoms with Gasteiger partial charge >= 0.3 is 0 Å². The average molecular weight is 380 g/mol. The summed E-state index contributed by atoms with van der Waals surface area (Å²) in [7, 11) is -3.63. The fourth-order valence-electron chi connectivity index (χ4n) is 2.37. The zero-order valence-corrected chi connectivity index (χ0v) is 14.3. The van der Waals surface area contributed by atoms with Crippen LogP contribution >= 0.6 is 15.9 Å². The van der Waals surface area contributed by atoms with Gasteiger partial charge in [-0.25, -0.2) is 12.8 Å². The molecule has 0 radical (unpaired) electrons. The second-order valence-corrected chi connectivity index (χ2v) is 7.83. The fourth-order valence-corrected chi connectivity index (χ4v) is 4.89. The molecule has 0 aliphatic carbocycles. The summed E-state index contributed by atoms with van der Waals surface area (Å²) >= 11 is 3.13. The number of nitrogens with zero attached hydrogens (tertiary/aromatic N) is 1. The van der Waals surface area contributed by atoms with Crippen molar-refractivity contribution < 1.29 is 17.5 Å². The molecule has 1 atom stereocenters. The second kappa shape index (κ2) is 7.17. The minimum atomic E-state index is -3.63. The minimum Gasteiger partial charge on any atom is -0.377 e. The highest BCUT2D eigenvalue weighted by Gasteiger charge is 2.31. The van der Waals surface area contributed by atoms with Crippen LogP contribution in [0.5, 0.6) is 0 Å². The summed E-state index contributed by atoms with van der Waals surface area (Å²) in [5.74, 6) is -0.469. The van der Waals surface area contributed by atoms with Crippen molar-refractivity contribution in [3.63, 3.8) is 0 Å². The molecule has 0 aromatic heterocycles. The van der Waals surface area contributed by atoms with E-state index in [2.05, 4.69) is 15.9 Å². The van der Waals surface area contributed by atoms with Gasteiger partial charge < -0.3 is 4.74 Å². The second-order valence-electron chi connectivity index (χ2n) is 5.07. The summed E-state index contributed by atoms with van der Waals surface area (Å²) in [4.78, 5) is 0.0973. The first-order valence-corrected chi connectivity index (χ1v) is 9.25. The summed E-state index contributed by atoms with van der Waals surface area (Å²) in [6, 6.07) is 3.62. The third-order valence-corrected chi connectivity index (χ3v) is 6.25. The maximum absolute atomic E-state index is 13.1. The van der Waals surface area contributed by atoms with Gasteiger partial charge in [-0.2, -0.15) is 4.31 Å². The Morgan fingerprint density at radius 1 is 1.48 bits per heavy atom. The molecule has 1 fully saturated rings. The van der Waals surface area contributed by atoms with Crippen LogP contribution in [0.15, 0.2) is 27.6 Å². The highest BCUT2D eigenvalue weighted by atomic mass is 79.9. The van der Waals surface area contributed by atoms with E-state index in [1.165, 1.54) is 16.4 Å². The maximum Gasteiger partial charge on any atom is 0.244 e. The van der Waals surface area contributed by atoms with Gasteiger partial charge in [0.15, 0.2) is 0 Å². The molecule has 21 heavy (non-hydrogen) atoms. The van der Waals surface area contributed by atoms with Gasteiger partial charge in [0.05, 0.1) is 11.0 Å². The Bertz CT molecular complexity index is 594. The van der Waals surface area contributed by atoms with Crippen LogP contribution in [0, 0.1) is 5.82 Å². The van der Waals surface area contributed by atoms with Gasteiger partial charge in [-0.15, -0.1) is 0 Å². The van der Waals surface area contributed by atoms with Gasteiger partial charge in [0.25, 0.3) is 0 Å². The van der Waals surface area contributed by atoms with Crippen LogP contribution in [0.4, 0.5) is 4.39 Å². The summed E-state index contributed by atoms with van der Waals surface area (Å²) in [6.07, 6.45) is 2.49. The SMILES string of the molecule is CCCOC1CCCN(S(=O)(=O)c2ccc(F)cc2Br)C1. The number of piperidine rings is 1. The molecule has 1 aliphatic heterocycles. The largest absolute Gasteiger partial charge is 0.377 e. The highest BCUT2D eigenvalue weighted by molar-refractivity contribution is 9.10. The molecule has 0 spiro atoms. The number of rotatable bonds is 5. The first kappa shape index (κ1) is 16.9. The standard InChI is InChI=1S/C14H19BrFNO3S/c1-2-8-20-12-4-3-7-17(10-12)21(18,19)14-6-5-11(16)9-13(14)15/h5-6,9,12H,2-4,7-8,10H2,1H3. The van der Waals surface area contributed by atoms with Gasteiger partial charge in [-0.05, 0) is 53.4 Å². The van der Waals surface area contributed by atoms with Crippen LogP contribution in [0.2, 0.25) is 0 Å². The molecule has 1 aromatic carbocycles. The molecule has 7 heteroatoms. The fraction of sp³-hybridized carbons (Fsp3) is 0.571. The topological polar surface area (TPSA) is 46.6 Å². The molecular weight excluding hydrogens is 361 g/mol. The van der Waals surface area contributed by atoms with Crippen LogP contribution in [-0.2, 0) is 14.8 Å². The Balaban J connectivity index is 2.18. The van der Waals surface area contributed by atoms with E-state index in [9.17, 15) is 12.8 Å². The molecule has 1 aromatic rings. The van der Waals surface area contributed by atoms with Crippen molar-refractivity contribution in [2.75, 3.05) is 19.7 Å². The smallest absolute Gasteiger partial charge is 0.244 e. The Hall–Kier alpha value is -0.500. The maximum atomic E-state index is 13.1. The number of hydrogen-bond donors (Lipinski definition) is 0. The predicted molar refractivity (Wildman–Crippen MR) is 82.1 cm³/mol. The third-order valence-electron chi connectivity index (χ3n) is 3.41. The lowest BCUT2D eigenvalue weighted by Crippen LogP contribution is -2.43. The molecule has 118 valence electrons. The molecular formula is C14H19BrFNO3S. The lowest BCUT2D eigenvalue weighted by molar-refractivity contribution is 0.0193. The molecule has 1 unspecified atom stereocenters. The molecule has 1 aliphatic rings. The van der Waals surface area contributed by atoms with E-state index in [1.807, 2.05) is 6.92 Å². The first-order valence-electron chi connectivity index (χ1n) is 7.02. The Morgan fingerprint density at radius 3 is 2.90 bits per heavy atom. The lowest BCUT2D eigenvalue weighted by atomic mass is 10.1. The Labute approximate surface area is 133 Å².